The highest BCUT2D eigenvalue weighted by molar-refractivity contribution is 5.99. The van der Waals surface area contributed by atoms with Gasteiger partial charge in [-0.2, -0.15) is 5.10 Å². The first-order chi connectivity index (χ1) is 8.32. The van der Waals surface area contributed by atoms with Crippen LogP contribution in [-0.2, 0) is 9.59 Å². The predicted octanol–water partition coefficient (Wildman–Crippen LogP) is -1.56. The Morgan fingerprint density at radius 1 is 1.17 bits per heavy atom. The molecule has 1 aromatic heterocycles. The van der Waals surface area contributed by atoms with Crippen LogP contribution < -0.4 is 11.5 Å². The van der Waals surface area contributed by atoms with Crippen molar-refractivity contribution >= 4 is 17.7 Å². The van der Waals surface area contributed by atoms with Crippen LogP contribution in [0.4, 0.5) is 0 Å². The van der Waals surface area contributed by atoms with Crippen LogP contribution in [0, 0.1) is 13.8 Å². The molecule has 1 aromatic rings. The summed E-state index contributed by atoms with van der Waals surface area (Å²) in [5, 5.41) is 6.52. The highest BCUT2D eigenvalue weighted by Crippen LogP contribution is 2.12. The largest absolute Gasteiger partial charge is 0.368 e. The van der Waals surface area contributed by atoms with Crippen LogP contribution in [0.15, 0.2) is 0 Å². The van der Waals surface area contributed by atoms with E-state index in [0.717, 1.165) is 4.90 Å². The molecule has 0 saturated heterocycles. The average molecular weight is 253 g/mol. The van der Waals surface area contributed by atoms with Crippen molar-refractivity contribution in [3.8, 4) is 0 Å². The number of nitrogens with one attached hydrogen (secondary N) is 1. The summed E-state index contributed by atoms with van der Waals surface area (Å²) in [6.45, 7) is 2.57. The van der Waals surface area contributed by atoms with Gasteiger partial charge >= 0.3 is 0 Å². The number of nitrogens with zero attached hydrogens (tertiary/aromatic N) is 2. The van der Waals surface area contributed by atoms with Gasteiger partial charge in [0.25, 0.3) is 5.91 Å². The Hall–Kier alpha value is -2.38. The maximum Gasteiger partial charge on any atom is 0.258 e. The van der Waals surface area contributed by atoms with E-state index in [1.807, 2.05) is 0 Å². The quantitative estimate of drug-likeness (QED) is 0.584. The molecule has 0 aliphatic heterocycles. The van der Waals surface area contributed by atoms with E-state index in [0.29, 0.717) is 17.0 Å². The van der Waals surface area contributed by atoms with Crippen molar-refractivity contribution in [1.29, 1.82) is 0 Å². The van der Waals surface area contributed by atoms with Gasteiger partial charge in [0, 0.05) is 5.69 Å². The molecular weight excluding hydrogens is 238 g/mol. The summed E-state index contributed by atoms with van der Waals surface area (Å²) in [5.41, 5.74) is 11.4. The van der Waals surface area contributed by atoms with Gasteiger partial charge in [-0.3, -0.25) is 19.5 Å². The molecule has 5 N–H and O–H groups in total. The van der Waals surface area contributed by atoms with E-state index < -0.39 is 17.7 Å². The third-order valence-corrected chi connectivity index (χ3v) is 2.32. The van der Waals surface area contributed by atoms with Crippen LogP contribution >= 0.6 is 0 Å². The molecule has 0 aliphatic rings. The van der Waals surface area contributed by atoms with E-state index in [9.17, 15) is 14.4 Å². The first-order valence-electron chi connectivity index (χ1n) is 5.20. The number of amides is 3. The lowest BCUT2D eigenvalue weighted by Crippen LogP contribution is -2.43. The number of carbonyl (C=O) groups is 3. The van der Waals surface area contributed by atoms with Gasteiger partial charge in [-0.15, -0.1) is 0 Å². The van der Waals surface area contributed by atoms with E-state index in [1.165, 1.54) is 0 Å². The van der Waals surface area contributed by atoms with Gasteiger partial charge in [0.05, 0.1) is 11.3 Å². The van der Waals surface area contributed by atoms with Gasteiger partial charge in [0.2, 0.25) is 11.8 Å². The standard InChI is InChI=1S/C10H15N5O3/c1-5-9(6(2)14-13-5)10(18)15(3-7(11)16)4-8(12)17/h3-4H2,1-2H3,(H2,11,16)(H2,12,17)(H,13,14). The normalized spacial score (nSPS) is 10.1. The van der Waals surface area contributed by atoms with E-state index in [2.05, 4.69) is 10.2 Å². The molecule has 0 unspecified atom stereocenters. The molecule has 8 heteroatoms. The highest BCUT2D eigenvalue weighted by Gasteiger charge is 2.24. The fraction of sp³-hybridized carbons (Fsp3) is 0.400. The Morgan fingerprint density at radius 2 is 1.67 bits per heavy atom. The molecule has 0 atom stereocenters. The van der Waals surface area contributed by atoms with Crippen LogP contribution in [0.2, 0.25) is 0 Å². The number of aromatic nitrogens is 2. The van der Waals surface area contributed by atoms with Gasteiger partial charge in [-0.25, -0.2) is 0 Å². The number of aryl methyl sites for hydroxylation is 2. The molecule has 0 bridgehead atoms. The zero-order valence-corrected chi connectivity index (χ0v) is 10.2. The lowest BCUT2D eigenvalue weighted by Gasteiger charge is -2.19. The summed E-state index contributed by atoms with van der Waals surface area (Å²) in [5.74, 6) is -1.94. The van der Waals surface area contributed by atoms with E-state index in [4.69, 9.17) is 11.5 Å². The minimum atomic E-state index is -0.719. The van der Waals surface area contributed by atoms with Crippen LogP contribution in [0.5, 0.6) is 0 Å². The molecule has 1 heterocycles. The molecule has 98 valence electrons. The second-order valence-electron chi connectivity index (χ2n) is 3.90. The number of hydrogen-bond donors (Lipinski definition) is 3. The van der Waals surface area contributed by atoms with Gasteiger partial charge in [0.1, 0.15) is 13.1 Å². The Bertz CT molecular complexity index is 458. The summed E-state index contributed by atoms with van der Waals surface area (Å²) in [4.78, 5) is 34.9. The van der Waals surface area contributed by atoms with Crippen molar-refractivity contribution < 1.29 is 14.4 Å². The molecule has 0 radical (unpaired) electrons. The minimum absolute atomic E-state index is 0.317. The van der Waals surface area contributed by atoms with Crippen molar-refractivity contribution in [2.24, 2.45) is 11.5 Å². The fourth-order valence-electron chi connectivity index (χ4n) is 1.60. The summed E-state index contributed by atoms with van der Waals surface area (Å²) in [6.07, 6.45) is 0. The first-order valence-corrected chi connectivity index (χ1v) is 5.20. The number of rotatable bonds is 5. The number of primary amides is 2. The molecule has 8 nitrogen and oxygen atoms in total. The molecule has 0 spiro atoms. The molecule has 0 aliphatic carbocycles. The van der Waals surface area contributed by atoms with Crippen molar-refractivity contribution in [3.05, 3.63) is 17.0 Å². The summed E-state index contributed by atoms with van der Waals surface area (Å²) >= 11 is 0. The number of H-pyrrole nitrogens is 1. The third-order valence-electron chi connectivity index (χ3n) is 2.32. The molecule has 0 aromatic carbocycles. The fourth-order valence-corrected chi connectivity index (χ4v) is 1.60. The van der Waals surface area contributed by atoms with Gasteiger partial charge in [-0.1, -0.05) is 0 Å². The van der Waals surface area contributed by atoms with Crippen molar-refractivity contribution in [1.82, 2.24) is 15.1 Å². The third kappa shape index (κ3) is 3.06. The number of hydrogen-bond acceptors (Lipinski definition) is 4. The summed E-state index contributed by atoms with van der Waals surface area (Å²) < 4.78 is 0. The van der Waals surface area contributed by atoms with Crippen LogP contribution in [0.25, 0.3) is 0 Å². The van der Waals surface area contributed by atoms with Crippen LogP contribution in [0.3, 0.4) is 0 Å². The first kappa shape index (κ1) is 13.7. The zero-order chi connectivity index (χ0) is 13.9. The highest BCUT2D eigenvalue weighted by atomic mass is 16.2. The van der Waals surface area contributed by atoms with E-state index in [1.54, 1.807) is 13.8 Å². The van der Waals surface area contributed by atoms with Gasteiger partial charge < -0.3 is 16.4 Å². The lowest BCUT2D eigenvalue weighted by atomic mass is 10.1. The molecule has 3 amide bonds. The van der Waals surface area contributed by atoms with Crippen LogP contribution in [-0.4, -0.2) is 45.9 Å². The Morgan fingerprint density at radius 3 is 2.00 bits per heavy atom. The Balaban J connectivity index is 3.02. The van der Waals surface area contributed by atoms with E-state index in [-0.39, 0.29) is 13.1 Å². The topological polar surface area (TPSA) is 135 Å². The molecule has 18 heavy (non-hydrogen) atoms. The predicted molar refractivity (Wildman–Crippen MR) is 62.4 cm³/mol. The van der Waals surface area contributed by atoms with Crippen molar-refractivity contribution in [2.45, 2.75) is 13.8 Å². The van der Waals surface area contributed by atoms with Gasteiger partial charge in [0.15, 0.2) is 0 Å². The molecule has 1 rings (SSSR count). The number of carbonyl (C=O) groups excluding carboxylic acids is 3. The maximum atomic E-state index is 12.2. The van der Waals surface area contributed by atoms with Gasteiger partial charge in [-0.05, 0) is 13.8 Å². The number of nitrogens with two attached hydrogens (primary N) is 2. The molecule has 0 fully saturated rings. The molecular formula is C10H15N5O3. The monoisotopic (exact) mass is 253 g/mol. The Kier molecular flexibility index (Phi) is 4.03. The summed E-state index contributed by atoms with van der Waals surface area (Å²) in [7, 11) is 0. The van der Waals surface area contributed by atoms with Crippen LogP contribution in [0.1, 0.15) is 21.7 Å². The zero-order valence-electron chi connectivity index (χ0n) is 10.2. The maximum absolute atomic E-state index is 12.2. The average Bonchev–Trinajstić information content (AvgIpc) is 2.55. The summed E-state index contributed by atoms with van der Waals surface area (Å²) in [6, 6.07) is 0. The van der Waals surface area contributed by atoms with Crippen molar-refractivity contribution in [2.75, 3.05) is 13.1 Å². The van der Waals surface area contributed by atoms with Crippen molar-refractivity contribution in [3.63, 3.8) is 0 Å². The lowest BCUT2D eigenvalue weighted by molar-refractivity contribution is -0.121. The second-order valence-corrected chi connectivity index (χ2v) is 3.90. The second kappa shape index (κ2) is 5.30. The smallest absolute Gasteiger partial charge is 0.258 e. The number of aromatic amines is 1. The molecule has 0 saturated carbocycles. The SMILES string of the molecule is Cc1n[nH]c(C)c1C(=O)N(CC(N)=O)CC(N)=O. The van der Waals surface area contributed by atoms with E-state index >= 15 is 0 Å². The minimum Gasteiger partial charge on any atom is -0.368 e. The Labute approximate surface area is 103 Å².